The molecule has 1 atom stereocenters. The van der Waals surface area contributed by atoms with Crippen LogP contribution in [0.25, 0.3) is 0 Å². The number of aryl methyl sites for hydroxylation is 1. The van der Waals surface area contributed by atoms with Crippen LogP contribution >= 0.6 is 11.6 Å². The topological polar surface area (TPSA) is 49.2 Å². The van der Waals surface area contributed by atoms with Crippen LogP contribution in [0.4, 0.5) is 5.82 Å². The number of aliphatic hydroxyl groups excluding tert-OH is 1. The van der Waals surface area contributed by atoms with Gasteiger partial charge in [0.2, 0.25) is 0 Å². The summed E-state index contributed by atoms with van der Waals surface area (Å²) >= 11 is 5.96. The zero-order valence-electron chi connectivity index (χ0n) is 10.1. The molecule has 1 aliphatic heterocycles. The molecule has 5 heteroatoms. The van der Waals surface area contributed by atoms with Crippen LogP contribution in [0.1, 0.15) is 31.5 Å². The van der Waals surface area contributed by atoms with Crippen LogP contribution in [0.2, 0.25) is 5.15 Å². The average molecular weight is 256 g/mol. The van der Waals surface area contributed by atoms with E-state index in [1.807, 2.05) is 6.92 Å². The van der Waals surface area contributed by atoms with Gasteiger partial charge in [-0.1, -0.05) is 24.4 Å². The van der Waals surface area contributed by atoms with Gasteiger partial charge in [-0.2, -0.15) is 0 Å². The molecule has 94 valence electrons. The lowest BCUT2D eigenvalue weighted by Crippen LogP contribution is -2.38. The van der Waals surface area contributed by atoms with Gasteiger partial charge < -0.3 is 10.0 Å². The first kappa shape index (κ1) is 12.6. The quantitative estimate of drug-likeness (QED) is 0.823. The van der Waals surface area contributed by atoms with Crippen LogP contribution in [-0.2, 0) is 0 Å². The second kappa shape index (κ2) is 5.65. The molecule has 4 nitrogen and oxygen atoms in total. The molecule has 0 saturated carbocycles. The van der Waals surface area contributed by atoms with Crippen molar-refractivity contribution in [3.8, 4) is 0 Å². The Hall–Kier alpha value is -0.870. The van der Waals surface area contributed by atoms with Gasteiger partial charge in [-0.05, 0) is 19.8 Å². The summed E-state index contributed by atoms with van der Waals surface area (Å²) in [7, 11) is 0. The summed E-state index contributed by atoms with van der Waals surface area (Å²) in [4.78, 5) is 10.6. The fourth-order valence-electron chi connectivity index (χ4n) is 2.33. The predicted octanol–water partition coefficient (Wildman–Crippen LogP) is 2.18. The van der Waals surface area contributed by atoms with E-state index < -0.39 is 0 Å². The molecular weight excluding hydrogens is 238 g/mol. The number of aromatic nitrogens is 2. The SMILES string of the molecule is Cc1nc(Cl)cc(N2CCCCCC2CO)n1. The molecule has 2 heterocycles. The van der Waals surface area contributed by atoms with Crippen molar-refractivity contribution < 1.29 is 5.11 Å². The maximum absolute atomic E-state index is 9.47. The molecule has 0 amide bonds. The van der Waals surface area contributed by atoms with Gasteiger partial charge in [0.25, 0.3) is 0 Å². The van der Waals surface area contributed by atoms with E-state index in [1.165, 1.54) is 12.8 Å². The van der Waals surface area contributed by atoms with E-state index in [4.69, 9.17) is 11.6 Å². The van der Waals surface area contributed by atoms with Gasteiger partial charge in [-0.3, -0.25) is 0 Å². The molecule has 17 heavy (non-hydrogen) atoms. The van der Waals surface area contributed by atoms with Crippen LogP contribution < -0.4 is 4.90 Å². The highest BCUT2D eigenvalue weighted by molar-refractivity contribution is 6.29. The molecule has 1 aromatic rings. The fraction of sp³-hybridized carbons (Fsp3) is 0.667. The van der Waals surface area contributed by atoms with Crippen LogP contribution in [0.5, 0.6) is 0 Å². The fourth-order valence-corrected chi connectivity index (χ4v) is 2.55. The minimum Gasteiger partial charge on any atom is -0.394 e. The van der Waals surface area contributed by atoms with Gasteiger partial charge in [-0.25, -0.2) is 9.97 Å². The minimum atomic E-state index is 0.155. The Morgan fingerprint density at radius 2 is 2.24 bits per heavy atom. The Morgan fingerprint density at radius 1 is 1.41 bits per heavy atom. The smallest absolute Gasteiger partial charge is 0.134 e. The van der Waals surface area contributed by atoms with Gasteiger partial charge in [-0.15, -0.1) is 0 Å². The predicted molar refractivity (Wildman–Crippen MR) is 68.5 cm³/mol. The maximum Gasteiger partial charge on any atom is 0.134 e. The molecular formula is C12H18ClN3O. The monoisotopic (exact) mass is 255 g/mol. The Labute approximate surface area is 107 Å². The van der Waals surface area contributed by atoms with E-state index in [0.717, 1.165) is 25.2 Å². The molecule has 1 fully saturated rings. The largest absolute Gasteiger partial charge is 0.394 e. The normalized spacial score (nSPS) is 21.4. The van der Waals surface area contributed by atoms with Crippen LogP contribution in [-0.4, -0.2) is 34.3 Å². The van der Waals surface area contributed by atoms with Crippen molar-refractivity contribution >= 4 is 17.4 Å². The third kappa shape index (κ3) is 3.07. The second-order valence-corrected chi connectivity index (χ2v) is 4.86. The van der Waals surface area contributed by atoms with Gasteiger partial charge >= 0.3 is 0 Å². The summed E-state index contributed by atoms with van der Waals surface area (Å²) in [5.41, 5.74) is 0. The summed E-state index contributed by atoms with van der Waals surface area (Å²) < 4.78 is 0. The van der Waals surface area contributed by atoms with Crippen molar-refractivity contribution in [1.82, 2.24) is 9.97 Å². The minimum absolute atomic E-state index is 0.155. The lowest BCUT2D eigenvalue weighted by molar-refractivity contribution is 0.254. The molecule has 1 aromatic heterocycles. The van der Waals surface area contributed by atoms with Crippen LogP contribution in [0, 0.1) is 6.92 Å². The lowest BCUT2D eigenvalue weighted by atomic mass is 10.1. The third-order valence-electron chi connectivity index (χ3n) is 3.18. The first-order valence-corrected chi connectivity index (χ1v) is 6.47. The summed E-state index contributed by atoms with van der Waals surface area (Å²) in [5, 5.41) is 9.93. The first-order valence-electron chi connectivity index (χ1n) is 6.09. The van der Waals surface area contributed by atoms with Crippen LogP contribution in [0.15, 0.2) is 6.07 Å². The van der Waals surface area contributed by atoms with Gasteiger partial charge in [0.05, 0.1) is 12.6 Å². The summed E-state index contributed by atoms with van der Waals surface area (Å²) in [6, 6.07) is 1.94. The van der Waals surface area contributed by atoms with E-state index >= 15 is 0 Å². The second-order valence-electron chi connectivity index (χ2n) is 4.48. The van der Waals surface area contributed by atoms with E-state index in [2.05, 4.69) is 14.9 Å². The van der Waals surface area contributed by atoms with E-state index in [0.29, 0.717) is 11.0 Å². The molecule has 0 bridgehead atoms. The molecule has 1 aliphatic rings. The highest BCUT2D eigenvalue weighted by Crippen LogP contribution is 2.24. The number of hydrogen-bond donors (Lipinski definition) is 1. The van der Waals surface area contributed by atoms with E-state index in [-0.39, 0.29) is 12.6 Å². The van der Waals surface area contributed by atoms with Gasteiger partial charge in [0, 0.05) is 12.6 Å². The zero-order valence-corrected chi connectivity index (χ0v) is 10.8. The van der Waals surface area contributed by atoms with Crippen molar-refractivity contribution in [2.24, 2.45) is 0 Å². The van der Waals surface area contributed by atoms with Crippen molar-refractivity contribution in [3.63, 3.8) is 0 Å². The standard InChI is InChI=1S/C12H18ClN3O/c1-9-14-11(13)7-12(15-9)16-6-4-2-3-5-10(16)8-17/h7,10,17H,2-6,8H2,1H3. The van der Waals surface area contributed by atoms with Gasteiger partial charge in [0.15, 0.2) is 0 Å². The number of anilines is 1. The van der Waals surface area contributed by atoms with E-state index in [1.54, 1.807) is 6.07 Å². The molecule has 2 rings (SSSR count). The van der Waals surface area contributed by atoms with Gasteiger partial charge in [0.1, 0.15) is 16.8 Å². The molecule has 0 radical (unpaired) electrons. The number of rotatable bonds is 2. The highest BCUT2D eigenvalue weighted by Gasteiger charge is 2.22. The Kier molecular flexibility index (Phi) is 4.18. The van der Waals surface area contributed by atoms with Crippen molar-refractivity contribution in [3.05, 3.63) is 17.0 Å². The summed E-state index contributed by atoms with van der Waals surface area (Å²) in [6.45, 7) is 2.93. The van der Waals surface area contributed by atoms with Crippen molar-refractivity contribution in [2.75, 3.05) is 18.1 Å². The molecule has 0 aliphatic carbocycles. The van der Waals surface area contributed by atoms with Crippen LogP contribution in [0.3, 0.4) is 0 Å². The number of halogens is 1. The summed E-state index contributed by atoms with van der Waals surface area (Å²) in [5.74, 6) is 1.51. The Balaban J connectivity index is 2.27. The molecule has 0 aromatic carbocycles. The number of aliphatic hydroxyl groups is 1. The molecule has 1 N–H and O–H groups in total. The number of hydrogen-bond acceptors (Lipinski definition) is 4. The Morgan fingerprint density at radius 3 is 2.94 bits per heavy atom. The molecule has 1 unspecified atom stereocenters. The Bertz CT molecular complexity index is 366. The zero-order chi connectivity index (χ0) is 12.3. The number of nitrogens with zero attached hydrogens (tertiary/aromatic N) is 3. The highest BCUT2D eigenvalue weighted by atomic mass is 35.5. The maximum atomic E-state index is 9.47. The summed E-state index contributed by atoms with van der Waals surface area (Å²) in [6.07, 6.45) is 4.53. The average Bonchev–Trinajstić information content (AvgIpc) is 2.52. The third-order valence-corrected chi connectivity index (χ3v) is 3.37. The van der Waals surface area contributed by atoms with E-state index in [9.17, 15) is 5.11 Å². The van der Waals surface area contributed by atoms with Crippen molar-refractivity contribution in [2.45, 2.75) is 38.6 Å². The molecule has 1 saturated heterocycles. The lowest BCUT2D eigenvalue weighted by Gasteiger charge is -2.29. The first-order chi connectivity index (χ1) is 8.20. The molecule has 0 spiro atoms. The van der Waals surface area contributed by atoms with Crippen molar-refractivity contribution in [1.29, 1.82) is 0 Å².